The van der Waals surface area contributed by atoms with Crippen LogP contribution in [0.4, 0.5) is 13.2 Å². The van der Waals surface area contributed by atoms with Gasteiger partial charge in [0.05, 0.1) is 11.1 Å². The summed E-state index contributed by atoms with van der Waals surface area (Å²) in [6.45, 7) is 1.90. The number of benzene rings is 1. The Labute approximate surface area is 165 Å². The number of aromatic nitrogens is 3. The summed E-state index contributed by atoms with van der Waals surface area (Å²) in [5.41, 5.74) is 1.22. The third kappa shape index (κ3) is 4.56. The maximum atomic E-state index is 12.9. The van der Waals surface area contributed by atoms with Gasteiger partial charge in [-0.05, 0) is 36.6 Å². The van der Waals surface area contributed by atoms with Crippen LogP contribution in [0.3, 0.4) is 0 Å². The second-order valence-corrected chi connectivity index (χ2v) is 7.24. The van der Waals surface area contributed by atoms with Crippen molar-refractivity contribution in [3.63, 3.8) is 0 Å². The summed E-state index contributed by atoms with van der Waals surface area (Å²) in [6.07, 6.45) is 0.397. The average Bonchev–Trinajstić information content (AvgIpc) is 3.17. The fourth-order valence-electron chi connectivity index (χ4n) is 3.57. The highest BCUT2D eigenvalue weighted by atomic mass is 19.4. The summed E-state index contributed by atoms with van der Waals surface area (Å²) in [5.74, 6) is -0.156. The highest BCUT2D eigenvalue weighted by Crippen LogP contribution is 2.30. The number of carbonyl (C=O) groups is 1. The van der Waals surface area contributed by atoms with E-state index in [0.29, 0.717) is 36.4 Å². The van der Waals surface area contributed by atoms with Gasteiger partial charge in [0.15, 0.2) is 5.65 Å². The number of likely N-dealkylation sites (tertiary alicyclic amines) is 1. The third-order valence-corrected chi connectivity index (χ3v) is 5.14. The fraction of sp³-hybridized carbons (Fsp3) is 0.350. The minimum Gasteiger partial charge on any atom is -0.349 e. The van der Waals surface area contributed by atoms with Crippen LogP contribution in [-0.4, -0.2) is 44.5 Å². The second kappa shape index (κ2) is 7.82. The molecule has 1 amide bonds. The molecule has 0 bridgehead atoms. The summed E-state index contributed by atoms with van der Waals surface area (Å²) in [5, 5.41) is 10.7. The molecule has 1 aromatic carbocycles. The van der Waals surface area contributed by atoms with Crippen LogP contribution >= 0.6 is 0 Å². The van der Waals surface area contributed by atoms with Crippen LogP contribution in [0.5, 0.6) is 0 Å². The molecule has 1 aliphatic rings. The average molecular weight is 403 g/mol. The lowest BCUT2D eigenvalue weighted by atomic mass is 10.0. The molecule has 4 rings (SSSR count). The predicted octanol–water partition coefficient (Wildman–Crippen LogP) is 3.14. The topological polar surface area (TPSA) is 62.5 Å². The number of rotatable bonds is 4. The maximum Gasteiger partial charge on any atom is 0.416 e. The smallest absolute Gasteiger partial charge is 0.349 e. The number of piperidine rings is 1. The molecule has 0 unspecified atom stereocenters. The van der Waals surface area contributed by atoms with E-state index in [9.17, 15) is 18.0 Å². The van der Waals surface area contributed by atoms with Gasteiger partial charge in [0.1, 0.15) is 6.33 Å². The number of amides is 1. The van der Waals surface area contributed by atoms with Crippen LogP contribution < -0.4 is 5.32 Å². The monoisotopic (exact) mass is 403 g/mol. The molecule has 152 valence electrons. The van der Waals surface area contributed by atoms with Crippen LogP contribution in [0, 0.1) is 0 Å². The van der Waals surface area contributed by atoms with E-state index in [0.717, 1.165) is 18.9 Å². The van der Waals surface area contributed by atoms with E-state index in [4.69, 9.17) is 0 Å². The van der Waals surface area contributed by atoms with E-state index in [2.05, 4.69) is 20.4 Å². The molecule has 3 heterocycles. The van der Waals surface area contributed by atoms with Crippen molar-refractivity contribution < 1.29 is 18.0 Å². The molecular weight excluding hydrogens is 383 g/mol. The van der Waals surface area contributed by atoms with Crippen molar-refractivity contribution in [2.45, 2.75) is 31.6 Å². The first kappa shape index (κ1) is 19.4. The number of pyridine rings is 1. The number of alkyl halides is 3. The first-order valence-corrected chi connectivity index (χ1v) is 9.37. The molecular formula is C20H20F3N5O. The van der Waals surface area contributed by atoms with Crippen molar-refractivity contribution in [1.82, 2.24) is 24.8 Å². The second-order valence-electron chi connectivity index (χ2n) is 7.24. The summed E-state index contributed by atoms with van der Waals surface area (Å²) >= 11 is 0. The molecule has 2 aromatic heterocycles. The first-order valence-electron chi connectivity index (χ1n) is 9.37. The molecule has 6 nitrogen and oxygen atoms in total. The lowest BCUT2D eigenvalue weighted by Gasteiger charge is -2.32. The Morgan fingerprint density at radius 2 is 1.97 bits per heavy atom. The SMILES string of the molecule is O=C(NC1CCN(Cc2cccc(C(F)(F)F)c2)CC1)c1ccc2nncn2c1. The van der Waals surface area contributed by atoms with Gasteiger partial charge in [0.25, 0.3) is 5.91 Å². The van der Waals surface area contributed by atoms with Crippen molar-refractivity contribution in [3.8, 4) is 0 Å². The van der Waals surface area contributed by atoms with Crippen LogP contribution in [-0.2, 0) is 12.7 Å². The Kier molecular flexibility index (Phi) is 5.23. The summed E-state index contributed by atoms with van der Waals surface area (Å²) in [7, 11) is 0. The van der Waals surface area contributed by atoms with Crippen LogP contribution in [0.1, 0.15) is 34.3 Å². The van der Waals surface area contributed by atoms with E-state index >= 15 is 0 Å². The molecule has 0 radical (unpaired) electrons. The van der Waals surface area contributed by atoms with E-state index < -0.39 is 11.7 Å². The molecule has 3 aromatic rings. The highest BCUT2D eigenvalue weighted by Gasteiger charge is 2.30. The van der Waals surface area contributed by atoms with Gasteiger partial charge in [-0.25, -0.2) is 0 Å². The number of fused-ring (bicyclic) bond motifs is 1. The van der Waals surface area contributed by atoms with E-state index in [1.165, 1.54) is 12.1 Å². The van der Waals surface area contributed by atoms with Crippen molar-refractivity contribution in [2.24, 2.45) is 0 Å². The quantitative estimate of drug-likeness (QED) is 0.727. The van der Waals surface area contributed by atoms with E-state index in [1.54, 1.807) is 35.1 Å². The van der Waals surface area contributed by atoms with E-state index in [1.807, 2.05) is 0 Å². The number of carbonyl (C=O) groups excluding carboxylic acids is 1. The molecule has 9 heteroatoms. The Balaban J connectivity index is 1.31. The summed E-state index contributed by atoms with van der Waals surface area (Å²) in [6, 6.07) is 8.93. The standard InChI is InChI=1S/C20H20F3N5O/c21-20(22,23)16-3-1-2-14(10-16)11-27-8-6-17(7-9-27)25-19(29)15-4-5-18-26-24-13-28(18)12-15/h1-5,10,12-13,17H,6-9,11H2,(H,25,29). The number of hydrogen-bond donors (Lipinski definition) is 1. The highest BCUT2D eigenvalue weighted by molar-refractivity contribution is 5.94. The molecule has 1 N–H and O–H groups in total. The Morgan fingerprint density at radius 1 is 1.17 bits per heavy atom. The summed E-state index contributed by atoms with van der Waals surface area (Å²) < 4.78 is 40.3. The minimum atomic E-state index is -4.33. The van der Waals surface area contributed by atoms with Gasteiger partial charge in [0, 0.05) is 31.9 Å². The van der Waals surface area contributed by atoms with Crippen molar-refractivity contribution in [3.05, 3.63) is 65.6 Å². The number of nitrogens with zero attached hydrogens (tertiary/aromatic N) is 4. The first-order chi connectivity index (χ1) is 13.9. The molecule has 0 aliphatic carbocycles. The normalized spacial score (nSPS) is 16.2. The predicted molar refractivity (Wildman–Crippen MR) is 100 cm³/mol. The van der Waals surface area contributed by atoms with E-state index in [-0.39, 0.29) is 11.9 Å². The largest absolute Gasteiger partial charge is 0.416 e. The van der Waals surface area contributed by atoms with Gasteiger partial charge in [-0.15, -0.1) is 10.2 Å². The molecule has 29 heavy (non-hydrogen) atoms. The van der Waals surface area contributed by atoms with Gasteiger partial charge in [-0.3, -0.25) is 14.1 Å². The lowest BCUT2D eigenvalue weighted by Crippen LogP contribution is -2.44. The Bertz CT molecular complexity index is 1010. The zero-order valence-electron chi connectivity index (χ0n) is 15.6. The molecule has 1 aliphatic heterocycles. The van der Waals surface area contributed by atoms with Crippen LogP contribution in [0.25, 0.3) is 5.65 Å². The van der Waals surface area contributed by atoms with Gasteiger partial charge < -0.3 is 5.32 Å². The van der Waals surface area contributed by atoms with Gasteiger partial charge in [-0.2, -0.15) is 13.2 Å². The van der Waals surface area contributed by atoms with Crippen molar-refractivity contribution in [1.29, 1.82) is 0 Å². The molecule has 1 saturated heterocycles. The Hall–Kier alpha value is -2.94. The molecule has 1 fully saturated rings. The number of nitrogens with one attached hydrogen (secondary N) is 1. The molecule has 0 saturated carbocycles. The number of hydrogen-bond acceptors (Lipinski definition) is 4. The fourth-order valence-corrected chi connectivity index (χ4v) is 3.57. The Morgan fingerprint density at radius 3 is 2.72 bits per heavy atom. The van der Waals surface area contributed by atoms with Crippen LogP contribution in [0.15, 0.2) is 48.9 Å². The van der Waals surface area contributed by atoms with Gasteiger partial charge >= 0.3 is 6.18 Å². The minimum absolute atomic E-state index is 0.0388. The van der Waals surface area contributed by atoms with Crippen molar-refractivity contribution >= 4 is 11.6 Å². The van der Waals surface area contributed by atoms with Gasteiger partial charge in [0.2, 0.25) is 0 Å². The lowest BCUT2D eigenvalue weighted by molar-refractivity contribution is -0.137. The molecule has 0 atom stereocenters. The maximum absolute atomic E-state index is 12.9. The zero-order valence-corrected chi connectivity index (χ0v) is 15.6. The number of halogens is 3. The zero-order chi connectivity index (χ0) is 20.4. The molecule has 0 spiro atoms. The summed E-state index contributed by atoms with van der Waals surface area (Å²) in [4.78, 5) is 14.6. The third-order valence-electron chi connectivity index (χ3n) is 5.14. The van der Waals surface area contributed by atoms with Crippen molar-refractivity contribution in [2.75, 3.05) is 13.1 Å². The van der Waals surface area contributed by atoms with Gasteiger partial charge in [-0.1, -0.05) is 18.2 Å². The van der Waals surface area contributed by atoms with Crippen LogP contribution in [0.2, 0.25) is 0 Å².